The second-order valence-corrected chi connectivity index (χ2v) is 5.04. The highest BCUT2D eigenvalue weighted by molar-refractivity contribution is 5.76. The van der Waals surface area contributed by atoms with Crippen LogP contribution in [0.3, 0.4) is 0 Å². The first kappa shape index (κ1) is 13.5. The number of nitrogens with zero attached hydrogens (tertiary/aromatic N) is 7. The molecule has 8 nitrogen and oxygen atoms in total. The molecule has 0 saturated carbocycles. The summed E-state index contributed by atoms with van der Waals surface area (Å²) < 4.78 is 4.93. The number of rotatable bonds is 4. The van der Waals surface area contributed by atoms with Crippen LogP contribution in [-0.4, -0.2) is 34.1 Å². The molecule has 8 heteroatoms. The summed E-state index contributed by atoms with van der Waals surface area (Å²) in [5.41, 5.74) is 2.00. The fraction of sp³-hybridized carbons (Fsp3) is 0.462. The Morgan fingerprint density at radius 2 is 2.14 bits per heavy atom. The van der Waals surface area contributed by atoms with Gasteiger partial charge in [-0.1, -0.05) is 6.92 Å². The lowest BCUT2D eigenvalue weighted by Crippen LogP contribution is -2.27. The van der Waals surface area contributed by atoms with Gasteiger partial charge < -0.3 is 0 Å². The number of aromatic nitrogens is 7. The largest absolute Gasteiger partial charge is 0.293 e. The molecule has 0 aromatic carbocycles. The van der Waals surface area contributed by atoms with Gasteiger partial charge in [0.05, 0.1) is 24.6 Å². The van der Waals surface area contributed by atoms with Crippen LogP contribution in [-0.2, 0) is 20.0 Å². The summed E-state index contributed by atoms with van der Waals surface area (Å²) >= 11 is 0. The van der Waals surface area contributed by atoms with E-state index in [0.29, 0.717) is 17.6 Å². The highest BCUT2D eigenvalue weighted by Crippen LogP contribution is 2.13. The molecule has 0 unspecified atom stereocenters. The molecule has 0 radical (unpaired) electrons. The van der Waals surface area contributed by atoms with Gasteiger partial charge in [-0.3, -0.25) is 18.7 Å². The number of fused-ring (bicyclic) bond motifs is 1. The zero-order chi connectivity index (χ0) is 15.0. The third-order valence-corrected chi connectivity index (χ3v) is 3.57. The second-order valence-electron chi connectivity index (χ2n) is 5.04. The lowest BCUT2D eigenvalue weighted by molar-refractivity contribution is 0.424. The van der Waals surface area contributed by atoms with Gasteiger partial charge in [-0.15, -0.1) is 0 Å². The van der Waals surface area contributed by atoms with Crippen molar-refractivity contribution in [2.24, 2.45) is 7.05 Å². The fourth-order valence-corrected chi connectivity index (χ4v) is 2.48. The van der Waals surface area contributed by atoms with Crippen molar-refractivity contribution in [1.82, 2.24) is 34.1 Å². The van der Waals surface area contributed by atoms with Gasteiger partial charge in [-0.25, -0.2) is 9.97 Å². The molecular formula is C13H17N7O. The Morgan fingerprint density at radius 1 is 1.33 bits per heavy atom. The van der Waals surface area contributed by atoms with E-state index in [1.54, 1.807) is 33.6 Å². The smallest absolute Gasteiger partial charge is 0.279 e. The van der Waals surface area contributed by atoms with Crippen LogP contribution in [0.15, 0.2) is 23.8 Å². The van der Waals surface area contributed by atoms with Crippen LogP contribution < -0.4 is 5.56 Å². The first-order valence-electron chi connectivity index (χ1n) is 6.87. The average Bonchev–Trinajstić information content (AvgIpc) is 3.07. The van der Waals surface area contributed by atoms with Crippen molar-refractivity contribution in [3.63, 3.8) is 0 Å². The summed E-state index contributed by atoms with van der Waals surface area (Å²) in [6.45, 7) is 4.52. The molecular weight excluding hydrogens is 270 g/mol. The molecule has 1 atom stereocenters. The van der Waals surface area contributed by atoms with Crippen molar-refractivity contribution in [3.05, 3.63) is 35.0 Å². The SMILES string of the molecule is CCc1nn(C)c2c(=O)n([C@H](C)Cn3cncn3)cnc12. The quantitative estimate of drug-likeness (QED) is 0.699. The first-order chi connectivity index (χ1) is 10.1. The topological polar surface area (TPSA) is 83.4 Å². The fourth-order valence-electron chi connectivity index (χ4n) is 2.48. The maximum atomic E-state index is 12.7. The molecule has 0 spiro atoms. The zero-order valence-corrected chi connectivity index (χ0v) is 12.3. The van der Waals surface area contributed by atoms with E-state index in [9.17, 15) is 4.79 Å². The van der Waals surface area contributed by atoms with Crippen LogP contribution in [0.4, 0.5) is 0 Å². The molecule has 0 saturated heterocycles. The standard InChI is InChI=1S/C13H17N7O/c1-4-10-11-12(18(3)17-10)13(21)20(8-15-11)9(2)5-19-7-14-6-16-19/h6-9H,4-5H2,1-3H3/t9-/m1/s1. The van der Waals surface area contributed by atoms with Crippen LogP contribution >= 0.6 is 0 Å². The number of hydrogen-bond donors (Lipinski definition) is 0. The van der Waals surface area contributed by atoms with E-state index in [2.05, 4.69) is 20.2 Å². The van der Waals surface area contributed by atoms with Crippen molar-refractivity contribution < 1.29 is 0 Å². The van der Waals surface area contributed by atoms with Gasteiger partial charge in [0.25, 0.3) is 5.56 Å². The Balaban J connectivity index is 2.06. The minimum Gasteiger partial charge on any atom is -0.293 e. The van der Waals surface area contributed by atoms with Crippen molar-refractivity contribution in [2.45, 2.75) is 32.9 Å². The van der Waals surface area contributed by atoms with Gasteiger partial charge in [0.15, 0.2) is 5.52 Å². The highest BCUT2D eigenvalue weighted by Gasteiger charge is 2.16. The molecule has 110 valence electrons. The summed E-state index contributed by atoms with van der Waals surface area (Å²) in [6.07, 6.45) is 5.45. The predicted octanol–water partition coefficient (Wildman–Crippen LogP) is 0.545. The average molecular weight is 287 g/mol. The van der Waals surface area contributed by atoms with Crippen molar-refractivity contribution in [1.29, 1.82) is 0 Å². The van der Waals surface area contributed by atoms with Gasteiger partial charge in [0.2, 0.25) is 0 Å². The highest BCUT2D eigenvalue weighted by atomic mass is 16.1. The van der Waals surface area contributed by atoms with Gasteiger partial charge in [-0.2, -0.15) is 10.2 Å². The molecule has 0 aliphatic carbocycles. The van der Waals surface area contributed by atoms with Gasteiger partial charge in [0.1, 0.15) is 18.2 Å². The van der Waals surface area contributed by atoms with Gasteiger partial charge in [0, 0.05) is 7.05 Å². The zero-order valence-electron chi connectivity index (χ0n) is 12.3. The van der Waals surface area contributed by atoms with Crippen LogP contribution in [0, 0.1) is 0 Å². The molecule has 21 heavy (non-hydrogen) atoms. The van der Waals surface area contributed by atoms with Crippen LogP contribution in [0.5, 0.6) is 0 Å². The van der Waals surface area contributed by atoms with Crippen molar-refractivity contribution in [3.8, 4) is 0 Å². The van der Waals surface area contributed by atoms with Crippen molar-refractivity contribution in [2.75, 3.05) is 0 Å². The van der Waals surface area contributed by atoms with E-state index in [0.717, 1.165) is 12.1 Å². The molecule has 3 aromatic heterocycles. The molecule has 0 fully saturated rings. The third-order valence-electron chi connectivity index (χ3n) is 3.57. The molecule has 3 aromatic rings. The Hall–Kier alpha value is -2.51. The van der Waals surface area contributed by atoms with E-state index in [4.69, 9.17) is 0 Å². The maximum absolute atomic E-state index is 12.7. The van der Waals surface area contributed by atoms with E-state index in [1.807, 2.05) is 13.8 Å². The lowest BCUT2D eigenvalue weighted by Gasteiger charge is -2.14. The van der Waals surface area contributed by atoms with E-state index in [1.165, 1.54) is 6.33 Å². The maximum Gasteiger partial charge on any atom is 0.279 e. The minimum atomic E-state index is -0.0812. The molecule has 3 heterocycles. The number of aryl methyl sites for hydroxylation is 2. The van der Waals surface area contributed by atoms with E-state index in [-0.39, 0.29) is 11.6 Å². The molecule has 0 N–H and O–H groups in total. The molecule has 0 bridgehead atoms. The van der Waals surface area contributed by atoms with Crippen LogP contribution in [0.25, 0.3) is 11.0 Å². The van der Waals surface area contributed by atoms with Crippen LogP contribution in [0.1, 0.15) is 25.6 Å². The Kier molecular flexibility index (Phi) is 3.28. The second kappa shape index (κ2) is 5.12. The molecule has 0 amide bonds. The predicted molar refractivity (Wildman–Crippen MR) is 76.9 cm³/mol. The Morgan fingerprint density at radius 3 is 2.81 bits per heavy atom. The van der Waals surface area contributed by atoms with Gasteiger partial charge in [-0.05, 0) is 13.3 Å². The van der Waals surface area contributed by atoms with Gasteiger partial charge >= 0.3 is 0 Å². The summed E-state index contributed by atoms with van der Waals surface area (Å²) in [5.74, 6) is 0. The Labute approximate surface area is 121 Å². The normalized spacial score (nSPS) is 12.9. The molecule has 0 aliphatic heterocycles. The monoisotopic (exact) mass is 287 g/mol. The Bertz CT molecular complexity index is 815. The van der Waals surface area contributed by atoms with Crippen LogP contribution in [0.2, 0.25) is 0 Å². The summed E-state index contributed by atoms with van der Waals surface area (Å²) in [5, 5.41) is 8.42. The lowest BCUT2D eigenvalue weighted by atomic mass is 10.2. The van der Waals surface area contributed by atoms with Crippen molar-refractivity contribution >= 4 is 11.0 Å². The number of hydrogen-bond acceptors (Lipinski definition) is 5. The summed E-state index contributed by atoms with van der Waals surface area (Å²) in [7, 11) is 1.77. The van der Waals surface area contributed by atoms with E-state index >= 15 is 0 Å². The van der Waals surface area contributed by atoms with E-state index < -0.39 is 0 Å². The molecule has 0 aliphatic rings. The first-order valence-corrected chi connectivity index (χ1v) is 6.87. The molecule has 3 rings (SSSR count). The minimum absolute atomic E-state index is 0.0731. The summed E-state index contributed by atoms with van der Waals surface area (Å²) in [4.78, 5) is 21.0. The third kappa shape index (κ3) is 2.22. The summed E-state index contributed by atoms with van der Waals surface area (Å²) in [6, 6.07) is -0.0731.